The maximum atomic E-state index is 10.9. The fourth-order valence-corrected chi connectivity index (χ4v) is 2.26. The topological polar surface area (TPSA) is 78.8 Å². The average Bonchev–Trinajstić information content (AvgIpc) is 2.34. The van der Waals surface area contributed by atoms with E-state index < -0.39 is 12.1 Å². The van der Waals surface area contributed by atoms with E-state index in [1.54, 1.807) is 0 Å². The third kappa shape index (κ3) is 5.80. The summed E-state index contributed by atoms with van der Waals surface area (Å²) in [6, 6.07) is 0.202. The predicted molar refractivity (Wildman–Crippen MR) is 68.5 cm³/mol. The molecule has 3 N–H and O–H groups in total. The zero-order chi connectivity index (χ0) is 13.5. The van der Waals surface area contributed by atoms with Gasteiger partial charge in [-0.05, 0) is 33.1 Å². The van der Waals surface area contributed by atoms with Crippen LogP contribution in [0.4, 0.5) is 0 Å². The summed E-state index contributed by atoms with van der Waals surface area (Å²) in [4.78, 5) is 10.9. The molecule has 1 fully saturated rings. The number of aliphatic carboxylic acids is 1. The van der Waals surface area contributed by atoms with Crippen molar-refractivity contribution in [2.24, 2.45) is 5.92 Å². The minimum absolute atomic E-state index is 0.116. The first-order chi connectivity index (χ1) is 8.49. The molecule has 0 saturated heterocycles. The first-order valence-electron chi connectivity index (χ1n) is 6.75. The molecule has 5 heteroatoms. The molecule has 0 aromatic carbocycles. The first-order valence-corrected chi connectivity index (χ1v) is 6.75. The van der Waals surface area contributed by atoms with Gasteiger partial charge in [0.25, 0.3) is 0 Å². The van der Waals surface area contributed by atoms with Crippen molar-refractivity contribution in [3.05, 3.63) is 0 Å². The van der Waals surface area contributed by atoms with Crippen LogP contribution in [0, 0.1) is 5.92 Å². The Morgan fingerprint density at radius 2 is 2.17 bits per heavy atom. The Morgan fingerprint density at radius 3 is 2.78 bits per heavy atom. The fraction of sp³-hybridized carbons (Fsp3) is 0.923. The lowest BCUT2D eigenvalue weighted by Gasteiger charge is -2.28. The lowest BCUT2D eigenvalue weighted by atomic mass is 9.86. The van der Waals surface area contributed by atoms with Crippen LogP contribution in [0.15, 0.2) is 0 Å². The molecule has 3 unspecified atom stereocenters. The zero-order valence-corrected chi connectivity index (χ0v) is 11.3. The molecule has 106 valence electrons. The molecule has 1 rings (SSSR count). The number of aliphatic hydroxyl groups is 1. The van der Waals surface area contributed by atoms with Gasteiger partial charge in [0.15, 0.2) is 0 Å². The largest absolute Gasteiger partial charge is 0.481 e. The summed E-state index contributed by atoms with van der Waals surface area (Å²) < 4.78 is 5.32. The standard InChI is InChI=1S/C13H25NO4/c1-9(2)18-8-12(15)7-14-11-5-3-4-10(6-11)13(16)17/h9-12,14-15H,3-8H2,1-2H3,(H,16,17). The maximum absolute atomic E-state index is 10.9. The summed E-state index contributed by atoms with van der Waals surface area (Å²) in [6.45, 7) is 4.64. The molecule has 0 aromatic rings. The van der Waals surface area contributed by atoms with Crippen LogP contribution in [-0.4, -0.2) is 47.6 Å². The summed E-state index contributed by atoms with van der Waals surface area (Å²) in [6.07, 6.45) is 2.94. The SMILES string of the molecule is CC(C)OCC(O)CNC1CCCC(C(=O)O)C1. The van der Waals surface area contributed by atoms with Gasteiger partial charge in [0.05, 0.1) is 24.7 Å². The Bertz CT molecular complexity index is 257. The van der Waals surface area contributed by atoms with Crippen LogP contribution in [0.3, 0.4) is 0 Å². The van der Waals surface area contributed by atoms with Crippen LogP contribution < -0.4 is 5.32 Å². The normalized spacial score (nSPS) is 26.2. The Labute approximate surface area is 109 Å². The minimum atomic E-state index is -0.704. The van der Waals surface area contributed by atoms with Gasteiger partial charge < -0.3 is 20.3 Å². The smallest absolute Gasteiger partial charge is 0.306 e. The lowest BCUT2D eigenvalue weighted by molar-refractivity contribution is -0.143. The number of hydrogen-bond donors (Lipinski definition) is 3. The van der Waals surface area contributed by atoms with E-state index in [0.717, 1.165) is 19.3 Å². The van der Waals surface area contributed by atoms with Crippen molar-refractivity contribution in [3.63, 3.8) is 0 Å². The van der Waals surface area contributed by atoms with Gasteiger partial charge in [-0.15, -0.1) is 0 Å². The maximum Gasteiger partial charge on any atom is 0.306 e. The molecule has 5 nitrogen and oxygen atoms in total. The van der Waals surface area contributed by atoms with E-state index in [9.17, 15) is 9.90 Å². The van der Waals surface area contributed by atoms with E-state index in [4.69, 9.17) is 9.84 Å². The fourth-order valence-electron chi connectivity index (χ4n) is 2.26. The second kappa shape index (κ2) is 7.71. The molecule has 1 aliphatic carbocycles. The van der Waals surface area contributed by atoms with Crippen LogP contribution in [0.5, 0.6) is 0 Å². The third-order valence-electron chi connectivity index (χ3n) is 3.29. The molecule has 0 amide bonds. The molecule has 0 heterocycles. The van der Waals surface area contributed by atoms with Crippen molar-refractivity contribution < 1.29 is 19.7 Å². The van der Waals surface area contributed by atoms with E-state index in [-0.39, 0.29) is 18.1 Å². The van der Waals surface area contributed by atoms with Gasteiger partial charge in [-0.1, -0.05) is 6.42 Å². The Hall–Kier alpha value is -0.650. The van der Waals surface area contributed by atoms with Gasteiger partial charge in [0.2, 0.25) is 0 Å². The summed E-state index contributed by atoms with van der Waals surface area (Å²) in [5.74, 6) is -0.939. The molecule has 0 radical (unpaired) electrons. The third-order valence-corrected chi connectivity index (χ3v) is 3.29. The van der Waals surface area contributed by atoms with Gasteiger partial charge in [-0.25, -0.2) is 0 Å². The molecule has 0 aliphatic heterocycles. The van der Waals surface area contributed by atoms with Crippen LogP contribution in [-0.2, 0) is 9.53 Å². The summed E-state index contributed by atoms with van der Waals surface area (Å²) in [5, 5.41) is 21.9. The quantitative estimate of drug-likeness (QED) is 0.636. The number of aliphatic hydroxyl groups excluding tert-OH is 1. The Morgan fingerprint density at radius 1 is 1.44 bits per heavy atom. The van der Waals surface area contributed by atoms with E-state index in [1.807, 2.05) is 13.8 Å². The van der Waals surface area contributed by atoms with Crippen LogP contribution >= 0.6 is 0 Å². The van der Waals surface area contributed by atoms with Gasteiger partial charge in [0.1, 0.15) is 0 Å². The highest BCUT2D eigenvalue weighted by atomic mass is 16.5. The van der Waals surface area contributed by atoms with Crippen molar-refractivity contribution in [3.8, 4) is 0 Å². The molecule has 0 spiro atoms. The Balaban J connectivity index is 2.20. The molecular weight excluding hydrogens is 234 g/mol. The average molecular weight is 259 g/mol. The molecule has 0 aromatic heterocycles. The molecule has 1 aliphatic rings. The number of carbonyl (C=O) groups is 1. The van der Waals surface area contributed by atoms with E-state index in [0.29, 0.717) is 19.6 Å². The monoisotopic (exact) mass is 259 g/mol. The highest BCUT2D eigenvalue weighted by molar-refractivity contribution is 5.70. The summed E-state index contributed by atoms with van der Waals surface area (Å²) >= 11 is 0. The van der Waals surface area contributed by atoms with Crippen LogP contribution in [0.1, 0.15) is 39.5 Å². The highest BCUT2D eigenvalue weighted by Gasteiger charge is 2.26. The molecule has 1 saturated carbocycles. The van der Waals surface area contributed by atoms with E-state index in [1.165, 1.54) is 0 Å². The van der Waals surface area contributed by atoms with E-state index >= 15 is 0 Å². The summed E-state index contributed by atoms with van der Waals surface area (Å²) in [7, 11) is 0. The predicted octanol–water partition coefficient (Wildman–Crippen LogP) is 1.01. The molecular formula is C13H25NO4. The van der Waals surface area contributed by atoms with Crippen molar-refractivity contribution in [2.45, 2.75) is 57.8 Å². The lowest BCUT2D eigenvalue weighted by Crippen LogP contribution is -2.41. The molecule has 18 heavy (non-hydrogen) atoms. The number of hydrogen-bond acceptors (Lipinski definition) is 4. The van der Waals surface area contributed by atoms with Gasteiger partial charge in [0, 0.05) is 12.6 Å². The molecule has 0 bridgehead atoms. The van der Waals surface area contributed by atoms with E-state index in [2.05, 4.69) is 5.32 Å². The molecule has 3 atom stereocenters. The van der Waals surface area contributed by atoms with Crippen LogP contribution in [0.25, 0.3) is 0 Å². The van der Waals surface area contributed by atoms with Crippen molar-refractivity contribution in [1.29, 1.82) is 0 Å². The second-order valence-corrected chi connectivity index (χ2v) is 5.34. The van der Waals surface area contributed by atoms with Crippen molar-refractivity contribution >= 4 is 5.97 Å². The van der Waals surface area contributed by atoms with Gasteiger partial charge in [-0.3, -0.25) is 4.79 Å². The number of rotatable bonds is 7. The first kappa shape index (κ1) is 15.4. The van der Waals surface area contributed by atoms with Crippen molar-refractivity contribution in [2.75, 3.05) is 13.2 Å². The minimum Gasteiger partial charge on any atom is -0.481 e. The van der Waals surface area contributed by atoms with Crippen molar-refractivity contribution in [1.82, 2.24) is 5.32 Å². The van der Waals surface area contributed by atoms with Gasteiger partial charge >= 0.3 is 5.97 Å². The number of carboxylic acids is 1. The highest BCUT2D eigenvalue weighted by Crippen LogP contribution is 2.24. The zero-order valence-electron chi connectivity index (χ0n) is 11.3. The second-order valence-electron chi connectivity index (χ2n) is 5.34. The van der Waals surface area contributed by atoms with Gasteiger partial charge in [-0.2, -0.15) is 0 Å². The number of nitrogens with one attached hydrogen (secondary N) is 1. The summed E-state index contributed by atoms with van der Waals surface area (Å²) in [5.41, 5.74) is 0. The Kier molecular flexibility index (Phi) is 6.60. The van der Waals surface area contributed by atoms with Crippen LogP contribution in [0.2, 0.25) is 0 Å². The number of carboxylic acid groups (broad SMARTS) is 1. The number of ether oxygens (including phenoxy) is 1.